The van der Waals surface area contributed by atoms with Gasteiger partial charge in [0.2, 0.25) is 5.91 Å². The van der Waals surface area contributed by atoms with Crippen molar-refractivity contribution < 1.29 is 19.4 Å². The van der Waals surface area contributed by atoms with Crippen LogP contribution in [0.4, 0.5) is 0 Å². The smallest absolute Gasteiger partial charge is 0.335 e. The molecule has 1 aliphatic rings. The summed E-state index contributed by atoms with van der Waals surface area (Å²) in [5.41, 5.74) is 0.650. The summed E-state index contributed by atoms with van der Waals surface area (Å²) in [6, 6.07) is 6.77. The molecule has 0 radical (unpaired) electrons. The highest BCUT2D eigenvalue weighted by atomic mass is 16.5. The second-order valence-corrected chi connectivity index (χ2v) is 6.66. The Hall–Kier alpha value is -1.88. The number of benzene rings is 1. The molecule has 1 saturated carbocycles. The Bertz CT molecular complexity index is 596. The van der Waals surface area contributed by atoms with Gasteiger partial charge in [0.25, 0.3) is 0 Å². The van der Waals surface area contributed by atoms with Crippen LogP contribution in [0.2, 0.25) is 0 Å². The van der Waals surface area contributed by atoms with Crippen molar-refractivity contribution in [2.24, 2.45) is 5.41 Å². The van der Waals surface area contributed by atoms with Gasteiger partial charge in [-0.25, -0.2) is 4.79 Å². The van der Waals surface area contributed by atoms with Crippen LogP contribution in [0.25, 0.3) is 0 Å². The van der Waals surface area contributed by atoms with E-state index in [1.54, 1.807) is 30.1 Å². The van der Waals surface area contributed by atoms with Crippen LogP contribution in [-0.2, 0) is 16.0 Å². The zero-order valence-corrected chi connectivity index (χ0v) is 14.2. The first-order chi connectivity index (χ1) is 10.8. The Morgan fingerprint density at radius 1 is 1.35 bits per heavy atom. The van der Waals surface area contributed by atoms with Crippen LogP contribution in [0.1, 0.15) is 43.1 Å². The Kier molecular flexibility index (Phi) is 5.09. The van der Waals surface area contributed by atoms with Crippen LogP contribution in [-0.4, -0.2) is 47.7 Å². The lowest BCUT2D eigenvalue weighted by Crippen LogP contribution is -2.62. The maximum atomic E-state index is 12.6. The van der Waals surface area contributed by atoms with Crippen molar-refractivity contribution in [3.8, 4) is 0 Å². The van der Waals surface area contributed by atoms with Crippen LogP contribution in [0, 0.1) is 5.41 Å². The number of carbonyl (C=O) groups excluding carboxylic acids is 1. The topological polar surface area (TPSA) is 66.8 Å². The fraction of sp³-hybridized carbons (Fsp3) is 0.556. The van der Waals surface area contributed by atoms with Gasteiger partial charge in [0.05, 0.1) is 18.1 Å². The van der Waals surface area contributed by atoms with E-state index in [-0.39, 0.29) is 35.5 Å². The number of carboxylic acids is 1. The van der Waals surface area contributed by atoms with Gasteiger partial charge < -0.3 is 14.7 Å². The Morgan fingerprint density at radius 3 is 2.57 bits per heavy atom. The minimum Gasteiger partial charge on any atom is -0.478 e. The van der Waals surface area contributed by atoms with Crippen LogP contribution in [0.5, 0.6) is 0 Å². The SMILES string of the molecule is CCOC1CC(N(C)C(=O)Cc2ccccc2C(=O)O)C1(C)C. The second-order valence-electron chi connectivity index (χ2n) is 6.66. The molecule has 2 atom stereocenters. The molecule has 0 aliphatic heterocycles. The molecule has 0 aromatic heterocycles. The molecule has 0 spiro atoms. The fourth-order valence-electron chi connectivity index (χ4n) is 3.35. The first kappa shape index (κ1) is 17.5. The molecule has 5 nitrogen and oxygen atoms in total. The molecule has 126 valence electrons. The van der Waals surface area contributed by atoms with E-state index < -0.39 is 5.97 Å². The molecule has 2 rings (SSSR count). The average Bonchev–Trinajstić information content (AvgIpc) is 2.50. The van der Waals surface area contributed by atoms with Crippen LogP contribution in [0.3, 0.4) is 0 Å². The number of nitrogens with zero attached hydrogens (tertiary/aromatic N) is 1. The number of carbonyl (C=O) groups is 2. The molecule has 0 heterocycles. The molecule has 5 heteroatoms. The van der Waals surface area contributed by atoms with Gasteiger partial charge in [0.15, 0.2) is 0 Å². The van der Waals surface area contributed by atoms with Crippen LogP contribution >= 0.6 is 0 Å². The van der Waals surface area contributed by atoms with Crippen LogP contribution in [0.15, 0.2) is 24.3 Å². The summed E-state index contributed by atoms with van der Waals surface area (Å²) >= 11 is 0. The first-order valence-electron chi connectivity index (χ1n) is 7.97. The molecule has 1 amide bonds. The van der Waals surface area contributed by atoms with Gasteiger partial charge in [-0.2, -0.15) is 0 Å². The highest BCUT2D eigenvalue weighted by Gasteiger charge is 2.51. The molecule has 2 unspecified atom stereocenters. The molecular formula is C18H25NO4. The zero-order valence-electron chi connectivity index (χ0n) is 14.2. The lowest BCUT2D eigenvalue weighted by Gasteiger charge is -2.54. The van der Waals surface area contributed by atoms with E-state index in [0.29, 0.717) is 12.2 Å². The van der Waals surface area contributed by atoms with Crippen molar-refractivity contribution in [2.75, 3.05) is 13.7 Å². The highest BCUT2D eigenvalue weighted by molar-refractivity contribution is 5.91. The average molecular weight is 319 g/mol. The van der Waals surface area contributed by atoms with E-state index in [1.807, 2.05) is 6.92 Å². The summed E-state index contributed by atoms with van der Waals surface area (Å²) in [6.07, 6.45) is 1.09. The lowest BCUT2D eigenvalue weighted by atomic mass is 9.63. The van der Waals surface area contributed by atoms with E-state index in [0.717, 1.165) is 6.42 Å². The minimum absolute atomic E-state index is 0.0632. The summed E-state index contributed by atoms with van der Waals surface area (Å²) in [5, 5.41) is 9.22. The summed E-state index contributed by atoms with van der Waals surface area (Å²) in [5.74, 6) is -1.07. The van der Waals surface area contributed by atoms with Gasteiger partial charge in [-0.15, -0.1) is 0 Å². The van der Waals surface area contributed by atoms with E-state index in [1.165, 1.54) is 6.07 Å². The molecule has 1 aromatic rings. The number of rotatable bonds is 6. The second kappa shape index (κ2) is 6.71. The van der Waals surface area contributed by atoms with Gasteiger partial charge in [-0.1, -0.05) is 32.0 Å². The zero-order chi connectivity index (χ0) is 17.2. The molecule has 1 N–H and O–H groups in total. The van der Waals surface area contributed by atoms with Gasteiger partial charge in [-0.3, -0.25) is 4.79 Å². The lowest BCUT2D eigenvalue weighted by molar-refractivity contribution is -0.162. The van der Waals surface area contributed by atoms with E-state index >= 15 is 0 Å². The normalized spacial score (nSPS) is 22.3. The van der Waals surface area contributed by atoms with Crippen molar-refractivity contribution in [1.29, 1.82) is 0 Å². The molecule has 23 heavy (non-hydrogen) atoms. The molecule has 0 saturated heterocycles. The number of amides is 1. The summed E-state index contributed by atoms with van der Waals surface area (Å²) in [7, 11) is 1.79. The maximum absolute atomic E-state index is 12.6. The van der Waals surface area contributed by atoms with E-state index in [9.17, 15) is 14.7 Å². The maximum Gasteiger partial charge on any atom is 0.335 e. The Balaban J connectivity index is 2.06. The van der Waals surface area contributed by atoms with Crippen molar-refractivity contribution in [1.82, 2.24) is 4.90 Å². The van der Waals surface area contributed by atoms with Crippen LogP contribution < -0.4 is 0 Å². The van der Waals surface area contributed by atoms with Gasteiger partial charge >= 0.3 is 5.97 Å². The highest BCUT2D eigenvalue weighted by Crippen LogP contribution is 2.45. The predicted molar refractivity (Wildman–Crippen MR) is 87.5 cm³/mol. The number of aromatic carboxylic acids is 1. The molecular weight excluding hydrogens is 294 g/mol. The first-order valence-corrected chi connectivity index (χ1v) is 7.97. The monoisotopic (exact) mass is 319 g/mol. The molecule has 0 bridgehead atoms. The minimum atomic E-state index is -1.00. The predicted octanol–water partition coefficient (Wildman–Crippen LogP) is 2.59. The standard InChI is InChI=1S/C18H25NO4/c1-5-23-15-11-14(18(15,2)3)19(4)16(20)10-12-8-6-7-9-13(12)17(21)22/h6-9,14-15H,5,10-11H2,1-4H3,(H,21,22). The van der Waals surface area contributed by atoms with E-state index in [2.05, 4.69) is 13.8 Å². The Labute approximate surface area is 137 Å². The number of likely N-dealkylation sites (N-methyl/N-ethyl adjacent to an activating group) is 1. The third kappa shape index (κ3) is 3.39. The van der Waals surface area contributed by atoms with Gasteiger partial charge in [0.1, 0.15) is 0 Å². The number of hydrogen-bond acceptors (Lipinski definition) is 3. The van der Waals surface area contributed by atoms with Crippen molar-refractivity contribution in [3.05, 3.63) is 35.4 Å². The number of ether oxygens (including phenoxy) is 1. The number of hydrogen-bond donors (Lipinski definition) is 1. The fourth-order valence-corrected chi connectivity index (χ4v) is 3.35. The summed E-state index contributed by atoms with van der Waals surface area (Å²) in [4.78, 5) is 25.6. The third-order valence-corrected chi connectivity index (χ3v) is 4.94. The summed E-state index contributed by atoms with van der Waals surface area (Å²) < 4.78 is 5.71. The van der Waals surface area contributed by atoms with Crippen molar-refractivity contribution in [2.45, 2.75) is 45.8 Å². The number of carboxylic acid groups (broad SMARTS) is 1. The van der Waals surface area contributed by atoms with Crippen molar-refractivity contribution >= 4 is 11.9 Å². The molecule has 1 aliphatic carbocycles. The summed E-state index contributed by atoms with van der Waals surface area (Å²) in [6.45, 7) is 6.86. The molecule has 1 fully saturated rings. The van der Waals surface area contributed by atoms with Gasteiger partial charge in [0, 0.05) is 25.1 Å². The quantitative estimate of drug-likeness (QED) is 0.875. The third-order valence-electron chi connectivity index (χ3n) is 4.94. The Morgan fingerprint density at radius 2 is 2.00 bits per heavy atom. The van der Waals surface area contributed by atoms with Crippen molar-refractivity contribution in [3.63, 3.8) is 0 Å². The van der Waals surface area contributed by atoms with Gasteiger partial charge in [-0.05, 0) is 25.0 Å². The largest absolute Gasteiger partial charge is 0.478 e. The molecule has 1 aromatic carbocycles. The van der Waals surface area contributed by atoms with E-state index in [4.69, 9.17) is 4.74 Å².